The van der Waals surface area contributed by atoms with Crippen molar-refractivity contribution in [1.82, 2.24) is 10.6 Å². The van der Waals surface area contributed by atoms with Gasteiger partial charge in [-0.3, -0.25) is 10.1 Å². The number of nitro groups is 1. The van der Waals surface area contributed by atoms with E-state index in [1.54, 1.807) is 36.4 Å². The van der Waals surface area contributed by atoms with E-state index >= 15 is 0 Å². The van der Waals surface area contributed by atoms with E-state index in [-0.39, 0.29) is 42.0 Å². The number of rotatable bonds is 7. The number of nitrogens with zero attached hydrogens (tertiary/aromatic N) is 2. The number of hydrogen-bond acceptors (Lipinski definition) is 3. The van der Waals surface area contributed by atoms with E-state index in [0.29, 0.717) is 36.6 Å². The van der Waals surface area contributed by atoms with E-state index in [1.807, 2.05) is 6.92 Å². The first kappa shape index (κ1) is 21.8. The third kappa shape index (κ3) is 6.58. The molecule has 0 fully saturated rings. The molecule has 0 amide bonds. The molecule has 2 rings (SSSR count). The number of nitrogens with one attached hydrogen (secondary N) is 2. The lowest BCUT2D eigenvalue weighted by Crippen LogP contribution is -2.38. The highest BCUT2D eigenvalue weighted by Gasteiger charge is 2.11. The number of benzene rings is 2. The van der Waals surface area contributed by atoms with Gasteiger partial charge in [0.05, 0.1) is 17.0 Å². The summed E-state index contributed by atoms with van der Waals surface area (Å²) < 4.78 is 13.6. The summed E-state index contributed by atoms with van der Waals surface area (Å²) >= 11 is 0. The Morgan fingerprint density at radius 2 is 1.77 bits per heavy atom. The largest absolute Gasteiger partial charge is 0.357 e. The highest BCUT2D eigenvalue weighted by Crippen LogP contribution is 2.18. The quantitative estimate of drug-likeness (QED) is 0.212. The van der Waals surface area contributed by atoms with Crippen LogP contribution in [0.15, 0.2) is 53.5 Å². The van der Waals surface area contributed by atoms with E-state index in [9.17, 15) is 14.5 Å². The smallest absolute Gasteiger partial charge is 0.274 e. The van der Waals surface area contributed by atoms with E-state index < -0.39 is 4.92 Å². The Hall–Kier alpha value is -2.23. The van der Waals surface area contributed by atoms with Crippen molar-refractivity contribution < 1.29 is 9.31 Å². The van der Waals surface area contributed by atoms with Crippen molar-refractivity contribution in [2.24, 2.45) is 4.99 Å². The topological polar surface area (TPSA) is 79.6 Å². The number of guanidine groups is 1. The zero-order valence-corrected chi connectivity index (χ0v) is 16.8. The zero-order valence-electron chi connectivity index (χ0n) is 14.4. The van der Waals surface area contributed by atoms with Gasteiger partial charge < -0.3 is 10.6 Å². The summed E-state index contributed by atoms with van der Waals surface area (Å²) in [5.74, 6) is 0.308. The van der Waals surface area contributed by atoms with E-state index in [1.165, 1.54) is 12.1 Å². The maximum absolute atomic E-state index is 13.6. The van der Waals surface area contributed by atoms with Crippen molar-refractivity contribution in [2.45, 2.75) is 19.9 Å². The standard InChI is InChI=1S/C18H21FN4O2.HI/c1-2-20-18(21-12-11-14-7-3-5-9-16(14)19)22-13-15-8-4-6-10-17(15)23(24)25;/h3-10H,2,11-13H2,1H3,(H2,20,21,22);1H. The lowest BCUT2D eigenvalue weighted by molar-refractivity contribution is -0.385. The van der Waals surface area contributed by atoms with Crippen LogP contribution in [0.25, 0.3) is 0 Å². The second-order valence-electron chi connectivity index (χ2n) is 5.35. The summed E-state index contributed by atoms with van der Waals surface area (Å²) in [6, 6.07) is 13.2. The molecule has 0 saturated carbocycles. The molecule has 8 heteroatoms. The van der Waals surface area contributed by atoms with Crippen LogP contribution in [0.4, 0.5) is 10.1 Å². The minimum atomic E-state index is -0.413. The second-order valence-corrected chi connectivity index (χ2v) is 5.35. The molecule has 0 unspecified atom stereocenters. The monoisotopic (exact) mass is 472 g/mol. The van der Waals surface area contributed by atoms with Crippen molar-refractivity contribution in [1.29, 1.82) is 0 Å². The number of nitro benzene ring substituents is 1. The normalized spacial score (nSPS) is 10.8. The van der Waals surface area contributed by atoms with Gasteiger partial charge in [0.25, 0.3) is 5.69 Å². The fourth-order valence-corrected chi connectivity index (χ4v) is 2.35. The van der Waals surface area contributed by atoms with Gasteiger partial charge in [-0.15, -0.1) is 24.0 Å². The molecule has 0 aliphatic rings. The summed E-state index contributed by atoms with van der Waals surface area (Å²) in [5.41, 5.74) is 1.22. The van der Waals surface area contributed by atoms with Crippen molar-refractivity contribution in [3.8, 4) is 0 Å². The maximum Gasteiger partial charge on any atom is 0.274 e. The SMILES string of the molecule is CCNC(=NCc1ccccc1[N+](=O)[O-])NCCc1ccccc1F.I. The average molecular weight is 472 g/mol. The van der Waals surface area contributed by atoms with Gasteiger partial charge in [0.1, 0.15) is 5.82 Å². The van der Waals surface area contributed by atoms with Crippen molar-refractivity contribution in [2.75, 3.05) is 13.1 Å². The summed E-state index contributed by atoms with van der Waals surface area (Å²) in [4.78, 5) is 15.0. The Morgan fingerprint density at radius 1 is 1.12 bits per heavy atom. The van der Waals surface area contributed by atoms with Crippen LogP contribution in [-0.2, 0) is 13.0 Å². The first-order valence-electron chi connectivity index (χ1n) is 8.09. The molecule has 0 radical (unpaired) electrons. The van der Waals surface area contributed by atoms with Crippen LogP contribution in [-0.4, -0.2) is 24.0 Å². The van der Waals surface area contributed by atoms with Crippen molar-refractivity contribution >= 4 is 35.6 Å². The molecule has 0 saturated heterocycles. The maximum atomic E-state index is 13.6. The van der Waals surface area contributed by atoms with Gasteiger partial charge in [0.2, 0.25) is 0 Å². The molecule has 0 aliphatic carbocycles. The third-order valence-electron chi connectivity index (χ3n) is 3.58. The molecule has 0 atom stereocenters. The highest BCUT2D eigenvalue weighted by molar-refractivity contribution is 14.0. The highest BCUT2D eigenvalue weighted by atomic mass is 127. The number of aliphatic imine (C=N–C) groups is 1. The van der Waals surface area contributed by atoms with Crippen LogP contribution in [0.2, 0.25) is 0 Å². The zero-order chi connectivity index (χ0) is 18.1. The molecule has 26 heavy (non-hydrogen) atoms. The number of para-hydroxylation sites is 1. The van der Waals surface area contributed by atoms with Crippen LogP contribution >= 0.6 is 24.0 Å². The van der Waals surface area contributed by atoms with Crippen LogP contribution in [0.1, 0.15) is 18.1 Å². The third-order valence-corrected chi connectivity index (χ3v) is 3.58. The molecule has 0 aromatic heterocycles. The Balaban J connectivity index is 0.00000338. The second kappa shape index (κ2) is 11.4. The average Bonchev–Trinajstić information content (AvgIpc) is 2.61. The Labute approximate surface area is 169 Å². The Bertz CT molecular complexity index is 755. The predicted molar refractivity (Wildman–Crippen MR) is 111 cm³/mol. The van der Waals surface area contributed by atoms with E-state index in [2.05, 4.69) is 15.6 Å². The molecule has 0 bridgehead atoms. The predicted octanol–water partition coefficient (Wildman–Crippen LogP) is 3.65. The lowest BCUT2D eigenvalue weighted by atomic mass is 10.1. The van der Waals surface area contributed by atoms with Crippen molar-refractivity contribution in [3.05, 3.63) is 75.6 Å². The van der Waals surface area contributed by atoms with Gasteiger partial charge in [0.15, 0.2) is 5.96 Å². The van der Waals surface area contributed by atoms with Gasteiger partial charge >= 0.3 is 0 Å². The van der Waals surface area contributed by atoms with Gasteiger partial charge in [-0.05, 0) is 25.0 Å². The van der Waals surface area contributed by atoms with E-state index in [4.69, 9.17) is 0 Å². The van der Waals surface area contributed by atoms with Gasteiger partial charge in [-0.25, -0.2) is 9.38 Å². The molecule has 6 nitrogen and oxygen atoms in total. The fourth-order valence-electron chi connectivity index (χ4n) is 2.35. The molecule has 140 valence electrons. The van der Waals surface area contributed by atoms with Crippen molar-refractivity contribution in [3.63, 3.8) is 0 Å². The molecule has 0 aliphatic heterocycles. The molecular formula is C18H22FIN4O2. The summed E-state index contributed by atoms with van der Waals surface area (Å²) in [5, 5.41) is 17.2. The first-order chi connectivity index (χ1) is 12.1. The molecule has 0 spiro atoms. The molecule has 0 heterocycles. The van der Waals surface area contributed by atoms with Crippen LogP contribution in [0, 0.1) is 15.9 Å². The van der Waals surface area contributed by atoms with Gasteiger partial charge in [-0.1, -0.05) is 36.4 Å². The molecule has 2 N–H and O–H groups in total. The van der Waals surface area contributed by atoms with Crippen LogP contribution < -0.4 is 10.6 Å². The Kier molecular flexibility index (Phi) is 9.56. The molecule has 2 aromatic carbocycles. The molecule has 2 aromatic rings. The summed E-state index contributed by atoms with van der Waals surface area (Å²) in [6.07, 6.45) is 0.516. The number of hydrogen-bond donors (Lipinski definition) is 2. The van der Waals surface area contributed by atoms with Gasteiger partial charge in [-0.2, -0.15) is 0 Å². The minimum absolute atomic E-state index is 0. The Morgan fingerprint density at radius 3 is 2.42 bits per heavy atom. The fraction of sp³-hybridized carbons (Fsp3) is 0.278. The van der Waals surface area contributed by atoms with Gasteiger partial charge in [0, 0.05) is 19.2 Å². The molecular weight excluding hydrogens is 450 g/mol. The van der Waals surface area contributed by atoms with Crippen LogP contribution in [0.3, 0.4) is 0 Å². The van der Waals surface area contributed by atoms with Crippen LogP contribution in [0.5, 0.6) is 0 Å². The summed E-state index contributed by atoms with van der Waals surface area (Å²) in [7, 11) is 0. The number of halogens is 2. The first-order valence-corrected chi connectivity index (χ1v) is 8.09. The summed E-state index contributed by atoms with van der Waals surface area (Å²) in [6.45, 7) is 3.28. The lowest BCUT2D eigenvalue weighted by Gasteiger charge is -2.11. The van der Waals surface area contributed by atoms with E-state index in [0.717, 1.165) is 0 Å². The minimum Gasteiger partial charge on any atom is -0.357 e.